The van der Waals surface area contributed by atoms with Crippen LogP contribution >= 0.6 is 0 Å². The Morgan fingerprint density at radius 3 is 3.00 bits per heavy atom. The Balaban J connectivity index is 2.45. The van der Waals surface area contributed by atoms with Gasteiger partial charge in [-0.05, 0) is 25.5 Å². The van der Waals surface area contributed by atoms with Crippen molar-refractivity contribution in [2.45, 2.75) is 20.3 Å². The summed E-state index contributed by atoms with van der Waals surface area (Å²) in [5.74, 6) is 0.895. The first-order chi connectivity index (χ1) is 6.65. The molecule has 4 nitrogen and oxygen atoms in total. The fourth-order valence-corrected chi connectivity index (χ4v) is 1.43. The molecule has 2 aromatic rings. The van der Waals surface area contributed by atoms with Crippen molar-refractivity contribution in [1.29, 1.82) is 0 Å². The molecule has 4 heteroatoms. The summed E-state index contributed by atoms with van der Waals surface area (Å²) < 4.78 is 1.70. The second-order valence-corrected chi connectivity index (χ2v) is 3.38. The summed E-state index contributed by atoms with van der Waals surface area (Å²) in [5, 5.41) is 4.18. The Kier molecular flexibility index (Phi) is 2.04. The van der Waals surface area contributed by atoms with Crippen LogP contribution in [0.25, 0.3) is 5.65 Å². The average molecular weight is 189 g/mol. The zero-order chi connectivity index (χ0) is 10.1. The molecule has 0 bridgehead atoms. The molecule has 0 radical (unpaired) electrons. The minimum Gasteiger partial charge on any atom is -0.300 e. The van der Waals surface area contributed by atoms with Crippen molar-refractivity contribution >= 4 is 11.4 Å². The molecule has 0 aliphatic heterocycles. The van der Waals surface area contributed by atoms with Crippen LogP contribution < -0.4 is 0 Å². The highest BCUT2D eigenvalue weighted by Crippen LogP contribution is 2.05. The van der Waals surface area contributed by atoms with Gasteiger partial charge in [0.15, 0.2) is 5.65 Å². The topological polar surface area (TPSA) is 47.3 Å². The van der Waals surface area contributed by atoms with E-state index in [1.807, 2.05) is 25.3 Å². The first-order valence-corrected chi connectivity index (χ1v) is 4.46. The number of Topliss-reactive ketones (excluding diaryl/α,β-unsaturated/α-hetero) is 1. The quantitative estimate of drug-likeness (QED) is 0.712. The Labute approximate surface area is 81.6 Å². The van der Waals surface area contributed by atoms with Gasteiger partial charge in [0.25, 0.3) is 0 Å². The largest absolute Gasteiger partial charge is 0.300 e. The summed E-state index contributed by atoms with van der Waals surface area (Å²) in [6.07, 6.45) is 2.30. The van der Waals surface area contributed by atoms with Crippen molar-refractivity contribution in [1.82, 2.24) is 14.6 Å². The van der Waals surface area contributed by atoms with Gasteiger partial charge in [0.05, 0.1) is 0 Å². The molecule has 0 spiro atoms. The van der Waals surface area contributed by atoms with E-state index >= 15 is 0 Å². The van der Waals surface area contributed by atoms with Gasteiger partial charge in [-0.1, -0.05) is 6.07 Å². The second kappa shape index (κ2) is 3.21. The lowest BCUT2D eigenvalue weighted by Gasteiger charge is -1.97. The summed E-state index contributed by atoms with van der Waals surface area (Å²) in [7, 11) is 0. The zero-order valence-corrected chi connectivity index (χ0v) is 8.19. The van der Waals surface area contributed by atoms with E-state index in [4.69, 9.17) is 0 Å². The van der Waals surface area contributed by atoms with Gasteiger partial charge in [0.1, 0.15) is 11.6 Å². The molecule has 0 fully saturated rings. The zero-order valence-electron chi connectivity index (χ0n) is 8.19. The average Bonchev–Trinajstić information content (AvgIpc) is 2.42. The standard InChI is InChI=1S/C10H11N3O/c1-7(14)5-9-3-4-10-11-8(2)12-13(10)6-9/h3-4,6H,5H2,1-2H3. The summed E-state index contributed by atoms with van der Waals surface area (Å²) in [5.41, 5.74) is 1.78. The van der Waals surface area contributed by atoms with E-state index in [1.165, 1.54) is 0 Å². The predicted molar refractivity (Wildman–Crippen MR) is 52.1 cm³/mol. The van der Waals surface area contributed by atoms with Gasteiger partial charge in [-0.25, -0.2) is 9.50 Å². The third kappa shape index (κ3) is 1.64. The van der Waals surface area contributed by atoms with Gasteiger partial charge in [-0.2, -0.15) is 5.10 Å². The molecule has 0 aromatic carbocycles. The Morgan fingerprint density at radius 2 is 2.29 bits per heavy atom. The van der Waals surface area contributed by atoms with Gasteiger partial charge < -0.3 is 0 Å². The third-order valence-electron chi connectivity index (χ3n) is 1.95. The maximum atomic E-state index is 10.9. The van der Waals surface area contributed by atoms with E-state index < -0.39 is 0 Å². The van der Waals surface area contributed by atoms with Crippen LogP contribution in [-0.2, 0) is 11.2 Å². The molecule has 0 aliphatic carbocycles. The van der Waals surface area contributed by atoms with Crippen LogP contribution in [0, 0.1) is 6.92 Å². The van der Waals surface area contributed by atoms with Crippen molar-refractivity contribution < 1.29 is 4.79 Å². The number of pyridine rings is 1. The lowest BCUT2D eigenvalue weighted by Crippen LogP contribution is -1.98. The lowest BCUT2D eigenvalue weighted by atomic mass is 10.1. The van der Waals surface area contributed by atoms with Crippen molar-refractivity contribution in [2.75, 3.05) is 0 Å². The molecule has 0 unspecified atom stereocenters. The summed E-state index contributed by atoms with van der Waals surface area (Å²) in [6.45, 7) is 3.43. The fraction of sp³-hybridized carbons (Fsp3) is 0.300. The third-order valence-corrected chi connectivity index (χ3v) is 1.95. The van der Waals surface area contributed by atoms with Crippen LogP contribution in [0.2, 0.25) is 0 Å². The minimum atomic E-state index is 0.154. The molecule has 72 valence electrons. The lowest BCUT2D eigenvalue weighted by molar-refractivity contribution is -0.116. The van der Waals surface area contributed by atoms with Gasteiger partial charge >= 0.3 is 0 Å². The number of carbonyl (C=O) groups excluding carboxylic acids is 1. The SMILES string of the molecule is CC(=O)Cc1ccc2nc(C)nn2c1. The summed E-state index contributed by atoms with van der Waals surface area (Å²) in [6, 6.07) is 3.78. The molecule has 2 aromatic heterocycles. The number of nitrogens with zero attached hydrogens (tertiary/aromatic N) is 3. The first-order valence-electron chi connectivity index (χ1n) is 4.46. The van der Waals surface area contributed by atoms with Crippen LogP contribution in [0.1, 0.15) is 18.3 Å². The number of ketones is 1. The molecule has 0 N–H and O–H groups in total. The highest BCUT2D eigenvalue weighted by atomic mass is 16.1. The maximum Gasteiger partial charge on any atom is 0.155 e. The molecule has 0 atom stereocenters. The van der Waals surface area contributed by atoms with Crippen LogP contribution in [0.5, 0.6) is 0 Å². The van der Waals surface area contributed by atoms with E-state index in [1.54, 1.807) is 11.4 Å². The van der Waals surface area contributed by atoms with Gasteiger partial charge in [-0.15, -0.1) is 0 Å². The van der Waals surface area contributed by atoms with Crippen LogP contribution in [0.4, 0.5) is 0 Å². The highest BCUT2D eigenvalue weighted by molar-refractivity contribution is 5.78. The molecule has 2 heterocycles. The summed E-state index contributed by atoms with van der Waals surface area (Å²) >= 11 is 0. The maximum absolute atomic E-state index is 10.9. The summed E-state index contributed by atoms with van der Waals surface area (Å²) in [4.78, 5) is 15.1. The van der Waals surface area contributed by atoms with Crippen LogP contribution in [0.3, 0.4) is 0 Å². The van der Waals surface area contributed by atoms with Crippen LogP contribution in [-0.4, -0.2) is 20.4 Å². The molecule has 14 heavy (non-hydrogen) atoms. The van der Waals surface area contributed by atoms with E-state index in [-0.39, 0.29) is 5.78 Å². The number of hydrogen-bond donors (Lipinski definition) is 0. The van der Waals surface area contributed by atoms with Crippen molar-refractivity contribution in [3.05, 3.63) is 29.7 Å². The molecular weight excluding hydrogens is 178 g/mol. The fourth-order valence-electron chi connectivity index (χ4n) is 1.43. The molecule has 2 rings (SSSR count). The highest BCUT2D eigenvalue weighted by Gasteiger charge is 2.02. The van der Waals surface area contributed by atoms with Crippen molar-refractivity contribution in [3.63, 3.8) is 0 Å². The minimum absolute atomic E-state index is 0.154. The number of hydrogen-bond acceptors (Lipinski definition) is 3. The van der Waals surface area contributed by atoms with E-state index in [0.717, 1.165) is 17.0 Å². The predicted octanol–water partition coefficient (Wildman–Crippen LogP) is 1.17. The smallest absolute Gasteiger partial charge is 0.155 e. The van der Waals surface area contributed by atoms with Crippen molar-refractivity contribution in [2.24, 2.45) is 0 Å². The second-order valence-electron chi connectivity index (χ2n) is 3.38. The molecular formula is C10H11N3O. The molecule has 0 aliphatic rings. The Hall–Kier alpha value is -1.71. The molecule has 0 saturated carbocycles. The van der Waals surface area contributed by atoms with E-state index in [0.29, 0.717) is 6.42 Å². The number of fused-ring (bicyclic) bond motifs is 1. The molecule has 0 amide bonds. The number of rotatable bonds is 2. The number of aromatic nitrogens is 3. The van der Waals surface area contributed by atoms with Gasteiger partial charge in [0, 0.05) is 12.6 Å². The monoisotopic (exact) mass is 189 g/mol. The number of carbonyl (C=O) groups is 1. The normalized spacial score (nSPS) is 10.7. The first kappa shape index (κ1) is 8.87. The van der Waals surface area contributed by atoms with Crippen LogP contribution in [0.15, 0.2) is 18.3 Å². The Bertz CT molecular complexity index is 487. The van der Waals surface area contributed by atoms with Gasteiger partial charge in [-0.3, -0.25) is 4.79 Å². The molecule has 0 saturated heterocycles. The van der Waals surface area contributed by atoms with Gasteiger partial charge in [0.2, 0.25) is 0 Å². The number of aryl methyl sites for hydroxylation is 1. The van der Waals surface area contributed by atoms with E-state index in [2.05, 4.69) is 10.1 Å². The Morgan fingerprint density at radius 1 is 1.50 bits per heavy atom. The van der Waals surface area contributed by atoms with E-state index in [9.17, 15) is 4.79 Å². The van der Waals surface area contributed by atoms with Crippen molar-refractivity contribution in [3.8, 4) is 0 Å².